The topological polar surface area (TPSA) is 76.2 Å². The maximum atomic E-state index is 11.3. The lowest BCUT2D eigenvalue weighted by molar-refractivity contribution is -0.141. The van der Waals surface area contributed by atoms with E-state index in [1.54, 1.807) is 6.92 Å². The van der Waals surface area contributed by atoms with E-state index >= 15 is 0 Å². The molecule has 0 aliphatic heterocycles. The highest BCUT2D eigenvalue weighted by Crippen LogP contribution is 2.16. The SMILES string of the molecule is Cc1ccc(CC(Cc2nonc2C)C(=O)O)cc1. The Labute approximate surface area is 111 Å². The van der Waals surface area contributed by atoms with Gasteiger partial charge < -0.3 is 5.11 Å². The molecule has 1 unspecified atom stereocenters. The quantitative estimate of drug-likeness (QED) is 0.891. The number of benzene rings is 1. The third-order valence-electron chi connectivity index (χ3n) is 3.14. The van der Waals surface area contributed by atoms with Crippen molar-refractivity contribution in [1.82, 2.24) is 10.3 Å². The first-order valence-corrected chi connectivity index (χ1v) is 6.12. The van der Waals surface area contributed by atoms with Crippen LogP contribution >= 0.6 is 0 Å². The molecule has 0 aliphatic carbocycles. The molecule has 0 saturated heterocycles. The van der Waals surface area contributed by atoms with Gasteiger partial charge in [0, 0.05) is 6.42 Å². The molecule has 19 heavy (non-hydrogen) atoms. The molecule has 2 rings (SSSR count). The number of aromatic nitrogens is 2. The summed E-state index contributed by atoms with van der Waals surface area (Å²) >= 11 is 0. The zero-order chi connectivity index (χ0) is 13.8. The van der Waals surface area contributed by atoms with Crippen molar-refractivity contribution in [1.29, 1.82) is 0 Å². The Kier molecular flexibility index (Phi) is 3.94. The van der Waals surface area contributed by atoms with Crippen molar-refractivity contribution in [3.63, 3.8) is 0 Å². The molecule has 5 heteroatoms. The lowest BCUT2D eigenvalue weighted by Crippen LogP contribution is -2.19. The summed E-state index contributed by atoms with van der Waals surface area (Å²) in [5.74, 6) is -1.35. The summed E-state index contributed by atoms with van der Waals surface area (Å²) in [7, 11) is 0. The molecule has 1 heterocycles. The number of nitrogens with zero attached hydrogens (tertiary/aromatic N) is 2. The maximum absolute atomic E-state index is 11.3. The fourth-order valence-electron chi connectivity index (χ4n) is 1.92. The second-order valence-corrected chi connectivity index (χ2v) is 4.73. The number of aliphatic carboxylic acids is 1. The predicted molar refractivity (Wildman–Crippen MR) is 68.7 cm³/mol. The molecule has 2 aromatic rings. The molecule has 0 saturated carbocycles. The van der Waals surface area contributed by atoms with Crippen molar-refractivity contribution < 1.29 is 14.5 Å². The minimum atomic E-state index is -0.831. The van der Waals surface area contributed by atoms with Gasteiger partial charge in [0.15, 0.2) is 0 Å². The average molecular weight is 260 g/mol. The first-order valence-electron chi connectivity index (χ1n) is 6.12. The number of carboxylic acid groups (broad SMARTS) is 1. The standard InChI is InChI=1S/C14H16N2O3/c1-9-3-5-11(6-4-9)7-12(14(17)18)8-13-10(2)15-19-16-13/h3-6,12H,7-8H2,1-2H3,(H,17,18). The zero-order valence-electron chi connectivity index (χ0n) is 11.0. The van der Waals surface area contributed by atoms with Crippen LogP contribution in [-0.4, -0.2) is 21.4 Å². The van der Waals surface area contributed by atoms with E-state index in [-0.39, 0.29) is 0 Å². The van der Waals surface area contributed by atoms with Gasteiger partial charge in [0.05, 0.1) is 5.92 Å². The van der Waals surface area contributed by atoms with E-state index < -0.39 is 11.9 Å². The van der Waals surface area contributed by atoms with Crippen LogP contribution in [0.25, 0.3) is 0 Å². The van der Waals surface area contributed by atoms with Crippen LogP contribution in [0.2, 0.25) is 0 Å². The van der Waals surface area contributed by atoms with E-state index in [4.69, 9.17) is 0 Å². The van der Waals surface area contributed by atoms with E-state index in [9.17, 15) is 9.90 Å². The number of hydrogen-bond donors (Lipinski definition) is 1. The highest BCUT2D eigenvalue weighted by Gasteiger charge is 2.21. The molecule has 0 bridgehead atoms. The smallest absolute Gasteiger partial charge is 0.307 e. The maximum Gasteiger partial charge on any atom is 0.307 e. The predicted octanol–water partition coefficient (Wildman–Crippen LogP) is 2.17. The molecule has 1 N–H and O–H groups in total. The Morgan fingerprint density at radius 1 is 1.21 bits per heavy atom. The Hall–Kier alpha value is -2.17. The minimum Gasteiger partial charge on any atom is -0.481 e. The van der Waals surface area contributed by atoms with Crippen LogP contribution in [0.15, 0.2) is 28.9 Å². The van der Waals surface area contributed by atoms with Gasteiger partial charge >= 0.3 is 5.97 Å². The normalized spacial score (nSPS) is 12.3. The molecule has 0 fully saturated rings. The van der Waals surface area contributed by atoms with Crippen LogP contribution in [0.3, 0.4) is 0 Å². The van der Waals surface area contributed by atoms with Gasteiger partial charge in [-0.25, -0.2) is 4.63 Å². The van der Waals surface area contributed by atoms with Crippen LogP contribution < -0.4 is 0 Å². The molecule has 0 radical (unpaired) electrons. The highest BCUT2D eigenvalue weighted by atomic mass is 16.6. The van der Waals surface area contributed by atoms with Gasteiger partial charge in [-0.05, 0) is 25.8 Å². The van der Waals surface area contributed by atoms with Crippen molar-refractivity contribution in [2.45, 2.75) is 26.7 Å². The van der Waals surface area contributed by atoms with Gasteiger partial charge in [-0.2, -0.15) is 0 Å². The summed E-state index contributed by atoms with van der Waals surface area (Å²) < 4.78 is 4.60. The Morgan fingerprint density at radius 3 is 2.42 bits per heavy atom. The van der Waals surface area contributed by atoms with Gasteiger partial charge in [0.25, 0.3) is 0 Å². The Morgan fingerprint density at radius 2 is 1.89 bits per heavy atom. The first kappa shape index (κ1) is 13.3. The number of carbonyl (C=O) groups is 1. The van der Waals surface area contributed by atoms with Crippen LogP contribution in [-0.2, 0) is 17.6 Å². The molecule has 5 nitrogen and oxygen atoms in total. The third-order valence-corrected chi connectivity index (χ3v) is 3.14. The molecule has 1 atom stereocenters. The summed E-state index contributed by atoms with van der Waals surface area (Å²) in [4.78, 5) is 11.3. The summed E-state index contributed by atoms with van der Waals surface area (Å²) in [6.07, 6.45) is 0.806. The summed E-state index contributed by atoms with van der Waals surface area (Å²) in [6.45, 7) is 3.76. The second-order valence-electron chi connectivity index (χ2n) is 4.73. The molecule has 1 aromatic heterocycles. The van der Waals surface area contributed by atoms with Crippen LogP contribution in [0.4, 0.5) is 0 Å². The Bertz CT molecular complexity index is 560. The molecule has 0 spiro atoms. The van der Waals surface area contributed by atoms with Crippen molar-refractivity contribution in [2.75, 3.05) is 0 Å². The lowest BCUT2D eigenvalue weighted by atomic mass is 9.94. The fraction of sp³-hybridized carbons (Fsp3) is 0.357. The summed E-state index contributed by atoms with van der Waals surface area (Å²) in [5, 5.41) is 16.7. The summed E-state index contributed by atoms with van der Waals surface area (Å²) in [5.41, 5.74) is 3.42. The lowest BCUT2D eigenvalue weighted by Gasteiger charge is -2.11. The molecular formula is C14H16N2O3. The molecule has 0 aliphatic rings. The van der Waals surface area contributed by atoms with Gasteiger partial charge in [-0.3, -0.25) is 4.79 Å². The van der Waals surface area contributed by atoms with Crippen LogP contribution in [0.1, 0.15) is 22.5 Å². The van der Waals surface area contributed by atoms with E-state index in [0.29, 0.717) is 24.2 Å². The van der Waals surface area contributed by atoms with Gasteiger partial charge in [-0.1, -0.05) is 40.1 Å². The summed E-state index contributed by atoms with van der Waals surface area (Å²) in [6, 6.07) is 7.88. The zero-order valence-corrected chi connectivity index (χ0v) is 11.0. The number of hydrogen-bond acceptors (Lipinski definition) is 4. The van der Waals surface area contributed by atoms with E-state index in [1.807, 2.05) is 31.2 Å². The molecule has 0 amide bonds. The van der Waals surface area contributed by atoms with Crippen molar-refractivity contribution in [3.8, 4) is 0 Å². The van der Waals surface area contributed by atoms with Crippen molar-refractivity contribution in [3.05, 3.63) is 46.8 Å². The van der Waals surface area contributed by atoms with E-state index in [2.05, 4.69) is 14.9 Å². The van der Waals surface area contributed by atoms with E-state index in [0.717, 1.165) is 11.1 Å². The number of carboxylic acids is 1. The average Bonchev–Trinajstić information content (AvgIpc) is 2.77. The van der Waals surface area contributed by atoms with E-state index in [1.165, 1.54) is 0 Å². The Balaban J connectivity index is 2.10. The van der Waals surface area contributed by atoms with Crippen LogP contribution in [0, 0.1) is 19.8 Å². The largest absolute Gasteiger partial charge is 0.481 e. The fourth-order valence-corrected chi connectivity index (χ4v) is 1.92. The van der Waals surface area contributed by atoms with Gasteiger partial charge in [-0.15, -0.1) is 0 Å². The third kappa shape index (κ3) is 3.40. The monoisotopic (exact) mass is 260 g/mol. The van der Waals surface area contributed by atoms with Crippen LogP contribution in [0.5, 0.6) is 0 Å². The molecular weight excluding hydrogens is 244 g/mol. The van der Waals surface area contributed by atoms with Crippen molar-refractivity contribution in [2.24, 2.45) is 5.92 Å². The second kappa shape index (κ2) is 5.65. The highest BCUT2D eigenvalue weighted by molar-refractivity contribution is 5.70. The number of rotatable bonds is 5. The number of aryl methyl sites for hydroxylation is 2. The molecule has 100 valence electrons. The first-order chi connectivity index (χ1) is 9.06. The van der Waals surface area contributed by atoms with Gasteiger partial charge in [0.2, 0.25) is 0 Å². The minimum absolute atomic E-state index is 0.332. The van der Waals surface area contributed by atoms with Crippen molar-refractivity contribution >= 4 is 5.97 Å². The van der Waals surface area contributed by atoms with Gasteiger partial charge in [0.1, 0.15) is 11.4 Å². The molecule has 1 aromatic carbocycles.